The lowest BCUT2D eigenvalue weighted by Crippen LogP contribution is -2.30. The topological polar surface area (TPSA) is 125 Å². The Morgan fingerprint density at radius 2 is 1.08 bits per heavy atom. The van der Waals surface area contributed by atoms with E-state index >= 15 is 0 Å². The van der Waals surface area contributed by atoms with Crippen LogP contribution in [0.4, 0.5) is 0 Å². The number of hydrogen-bond acceptors (Lipinski definition) is 6. The van der Waals surface area contributed by atoms with Crippen molar-refractivity contribution >= 4 is 0 Å². The Labute approximate surface area is 225 Å². The van der Waals surface area contributed by atoms with Gasteiger partial charge in [-0.15, -0.1) is 0 Å². The van der Waals surface area contributed by atoms with Crippen molar-refractivity contribution in [2.45, 2.75) is 44.0 Å². The zero-order chi connectivity index (χ0) is 27.3. The first-order valence-corrected chi connectivity index (χ1v) is 12.9. The number of nitrogens with one attached hydrogen (secondary N) is 1. The van der Waals surface area contributed by atoms with Crippen LogP contribution in [0.5, 0.6) is 11.5 Å². The number of phenols is 2. The molecule has 6 nitrogen and oxygen atoms in total. The van der Waals surface area contributed by atoms with Crippen LogP contribution in [0.3, 0.4) is 0 Å². The lowest BCUT2D eigenvalue weighted by Gasteiger charge is -2.20. The summed E-state index contributed by atoms with van der Waals surface area (Å²) in [6, 6.07) is 33.7. The molecule has 0 aliphatic carbocycles. The summed E-state index contributed by atoms with van der Waals surface area (Å²) < 4.78 is 0. The van der Waals surface area contributed by atoms with E-state index in [0.717, 1.165) is 29.5 Å². The van der Waals surface area contributed by atoms with Gasteiger partial charge >= 0.3 is 0 Å². The summed E-state index contributed by atoms with van der Waals surface area (Å²) in [5.74, 6) is 0.484. The molecule has 4 rings (SSSR count). The van der Waals surface area contributed by atoms with Gasteiger partial charge in [-0.2, -0.15) is 0 Å². The maximum Gasteiger partial charge on any atom is 0.115 e. The Morgan fingerprint density at radius 1 is 0.632 bits per heavy atom. The number of nitrogens with two attached hydrogens (primary N) is 2. The average Bonchev–Trinajstić information content (AvgIpc) is 2.96. The van der Waals surface area contributed by atoms with Gasteiger partial charge in [0, 0.05) is 24.7 Å². The van der Waals surface area contributed by atoms with Crippen molar-refractivity contribution in [3.63, 3.8) is 0 Å². The monoisotopic (exact) mass is 513 g/mol. The van der Waals surface area contributed by atoms with Gasteiger partial charge in [-0.1, -0.05) is 84.9 Å². The molecule has 0 aliphatic rings. The fourth-order valence-corrected chi connectivity index (χ4v) is 4.04. The van der Waals surface area contributed by atoms with Gasteiger partial charge in [0.25, 0.3) is 0 Å². The molecule has 8 N–H and O–H groups in total. The summed E-state index contributed by atoms with van der Waals surface area (Å²) in [5.41, 5.74) is 16.4. The van der Waals surface area contributed by atoms with E-state index in [4.69, 9.17) is 11.5 Å². The highest BCUT2D eigenvalue weighted by atomic mass is 16.3. The van der Waals surface area contributed by atoms with Gasteiger partial charge in [-0.3, -0.25) is 0 Å². The summed E-state index contributed by atoms with van der Waals surface area (Å²) in [6.45, 7) is 2.56. The molecule has 4 unspecified atom stereocenters. The molecule has 200 valence electrons. The molecule has 6 heteroatoms. The number of aliphatic hydroxyl groups excluding tert-OH is 1. The van der Waals surface area contributed by atoms with Gasteiger partial charge in [0.2, 0.25) is 0 Å². The van der Waals surface area contributed by atoms with Crippen LogP contribution in [0, 0.1) is 0 Å². The van der Waals surface area contributed by atoms with Crippen molar-refractivity contribution in [2.24, 2.45) is 11.5 Å². The molecule has 0 fully saturated rings. The highest BCUT2D eigenvalue weighted by molar-refractivity contribution is 5.28. The van der Waals surface area contributed by atoms with E-state index in [0.29, 0.717) is 6.54 Å². The molecule has 0 aromatic heterocycles. The fourth-order valence-electron chi connectivity index (χ4n) is 4.04. The standard InChI is InChI=1S/C18H23NO3.C14H16N2/c1-13(2-3-14-4-8-16(20)9-5-14)19-12-18(22)15-6-10-17(21)11-7-15;15-13(11-7-3-1-4-8-11)14(16)12-9-5-2-6-10-12/h4-11,13,18-22H,2-3,12H2,1H3;1-10,13-14H,15-16H2. The third-order valence-electron chi connectivity index (χ3n) is 6.50. The highest BCUT2D eigenvalue weighted by Crippen LogP contribution is 2.24. The molecule has 0 saturated heterocycles. The zero-order valence-electron chi connectivity index (χ0n) is 21.8. The third-order valence-corrected chi connectivity index (χ3v) is 6.50. The molecule has 38 heavy (non-hydrogen) atoms. The molecule has 4 atom stereocenters. The Bertz CT molecular complexity index is 1140. The first-order valence-electron chi connectivity index (χ1n) is 12.9. The van der Waals surface area contributed by atoms with Crippen molar-refractivity contribution in [2.75, 3.05) is 6.54 Å². The molecule has 0 heterocycles. The lowest BCUT2D eigenvalue weighted by atomic mass is 9.95. The predicted octanol–water partition coefficient (Wildman–Crippen LogP) is 5.13. The minimum atomic E-state index is -0.586. The number of aryl methyl sites for hydroxylation is 1. The Hall–Kier alpha value is -3.68. The van der Waals surface area contributed by atoms with Crippen molar-refractivity contribution in [1.82, 2.24) is 5.32 Å². The molecule has 0 radical (unpaired) electrons. The van der Waals surface area contributed by atoms with Crippen LogP contribution in [-0.4, -0.2) is 27.9 Å². The van der Waals surface area contributed by atoms with Crippen LogP contribution in [0.1, 0.15) is 53.8 Å². The Morgan fingerprint density at radius 3 is 1.55 bits per heavy atom. The van der Waals surface area contributed by atoms with Gasteiger partial charge in [0.1, 0.15) is 11.5 Å². The fraction of sp³-hybridized carbons (Fsp3) is 0.250. The Kier molecular flexibility index (Phi) is 11.3. The van der Waals surface area contributed by atoms with E-state index in [1.165, 1.54) is 5.56 Å². The number of phenolic OH excluding ortho intramolecular Hbond substituents is 2. The third kappa shape index (κ3) is 9.32. The quantitative estimate of drug-likeness (QED) is 0.175. The van der Waals surface area contributed by atoms with Gasteiger partial charge < -0.3 is 32.1 Å². The van der Waals surface area contributed by atoms with Crippen LogP contribution in [-0.2, 0) is 6.42 Å². The van der Waals surface area contributed by atoms with E-state index in [2.05, 4.69) is 12.2 Å². The molecule has 0 spiro atoms. The van der Waals surface area contributed by atoms with Gasteiger partial charge in [-0.05, 0) is 66.3 Å². The number of benzene rings is 4. The van der Waals surface area contributed by atoms with Gasteiger partial charge in [-0.25, -0.2) is 0 Å². The van der Waals surface area contributed by atoms with Crippen LogP contribution in [0.2, 0.25) is 0 Å². The molecular formula is C32H39N3O3. The lowest BCUT2D eigenvalue weighted by molar-refractivity contribution is 0.170. The van der Waals surface area contributed by atoms with E-state index in [1.807, 2.05) is 72.8 Å². The summed E-state index contributed by atoms with van der Waals surface area (Å²) in [5, 5.41) is 31.9. The molecular weight excluding hydrogens is 474 g/mol. The van der Waals surface area contributed by atoms with Crippen molar-refractivity contribution in [3.8, 4) is 11.5 Å². The smallest absolute Gasteiger partial charge is 0.115 e. The Balaban J connectivity index is 0.000000221. The van der Waals surface area contributed by atoms with E-state index in [9.17, 15) is 15.3 Å². The van der Waals surface area contributed by atoms with Crippen molar-refractivity contribution in [1.29, 1.82) is 0 Å². The van der Waals surface area contributed by atoms with Gasteiger partial charge in [0.05, 0.1) is 6.10 Å². The summed E-state index contributed by atoms with van der Waals surface area (Å²) in [7, 11) is 0. The maximum absolute atomic E-state index is 10.1. The van der Waals surface area contributed by atoms with Crippen LogP contribution >= 0.6 is 0 Å². The average molecular weight is 514 g/mol. The normalized spacial score (nSPS) is 14.0. The molecule has 0 saturated carbocycles. The largest absolute Gasteiger partial charge is 0.508 e. The van der Waals surface area contributed by atoms with E-state index < -0.39 is 6.10 Å². The van der Waals surface area contributed by atoms with Crippen LogP contribution in [0.25, 0.3) is 0 Å². The molecule has 0 amide bonds. The number of aromatic hydroxyl groups is 2. The SMILES string of the molecule is CC(CCc1ccc(O)cc1)NCC(O)c1ccc(O)cc1.NC(c1ccccc1)C(N)c1ccccc1. The predicted molar refractivity (Wildman–Crippen MR) is 154 cm³/mol. The first kappa shape index (κ1) is 28.9. The summed E-state index contributed by atoms with van der Waals surface area (Å²) >= 11 is 0. The number of hydrogen-bond donors (Lipinski definition) is 6. The number of aliphatic hydroxyl groups is 1. The number of rotatable bonds is 10. The van der Waals surface area contributed by atoms with Crippen molar-refractivity contribution < 1.29 is 15.3 Å². The zero-order valence-corrected chi connectivity index (χ0v) is 21.8. The maximum atomic E-state index is 10.1. The first-order chi connectivity index (χ1) is 18.3. The molecule has 0 aliphatic heterocycles. The second-order valence-corrected chi connectivity index (χ2v) is 9.49. The van der Waals surface area contributed by atoms with Crippen LogP contribution in [0.15, 0.2) is 109 Å². The second kappa shape index (κ2) is 14.9. The highest BCUT2D eigenvalue weighted by Gasteiger charge is 2.16. The second-order valence-electron chi connectivity index (χ2n) is 9.49. The van der Waals surface area contributed by atoms with E-state index in [1.54, 1.807) is 36.4 Å². The van der Waals surface area contributed by atoms with Crippen molar-refractivity contribution in [3.05, 3.63) is 131 Å². The minimum absolute atomic E-state index is 0.163. The summed E-state index contributed by atoms with van der Waals surface area (Å²) in [4.78, 5) is 0. The van der Waals surface area contributed by atoms with Crippen LogP contribution < -0.4 is 16.8 Å². The summed E-state index contributed by atoms with van der Waals surface area (Å²) in [6.07, 6.45) is 1.29. The molecule has 0 bridgehead atoms. The minimum Gasteiger partial charge on any atom is -0.508 e. The van der Waals surface area contributed by atoms with Gasteiger partial charge in [0.15, 0.2) is 0 Å². The molecule has 4 aromatic carbocycles. The molecule has 4 aromatic rings. The van der Waals surface area contributed by atoms with E-state index in [-0.39, 0.29) is 29.6 Å².